The monoisotopic (exact) mass is 269 g/mol. The Morgan fingerprint density at radius 2 is 2.05 bits per heavy atom. The Labute approximate surface area is 119 Å². The Morgan fingerprint density at radius 1 is 1.25 bits per heavy atom. The molecule has 0 aliphatic rings. The molecule has 1 heterocycles. The number of rotatable bonds is 5. The van der Waals surface area contributed by atoms with E-state index in [1.165, 1.54) is 0 Å². The maximum atomic E-state index is 12.3. The molecule has 1 aromatic heterocycles. The molecule has 0 N–H and O–H groups in total. The normalized spacial score (nSPS) is 10.6. The maximum Gasteiger partial charge on any atom is 0.168 e. The van der Waals surface area contributed by atoms with Crippen molar-refractivity contribution in [1.29, 1.82) is 0 Å². The number of carbonyl (C=O) groups excluding carboxylic acids is 1. The average molecular weight is 269 g/mol. The minimum absolute atomic E-state index is 0.0565. The van der Waals surface area contributed by atoms with Gasteiger partial charge in [0.2, 0.25) is 0 Å². The van der Waals surface area contributed by atoms with E-state index in [-0.39, 0.29) is 11.9 Å². The molecular formula is C17H19NO2. The molecule has 0 saturated carbocycles. The molecular weight excluding hydrogens is 250 g/mol. The van der Waals surface area contributed by atoms with Crippen LogP contribution < -0.4 is 4.74 Å². The summed E-state index contributed by atoms with van der Waals surface area (Å²) in [5.74, 6) is 0.782. The maximum absolute atomic E-state index is 12.3. The van der Waals surface area contributed by atoms with Gasteiger partial charge >= 0.3 is 0 Å². The van der Waals surface area contributed by atoms with Crippen molar-refractivity contribution in [3.63, 3.8) is 0 Å². The number of carbonyl (C=O) groups is 1. The zero-order valence-electron chi connectivity index (χ0n) is 12.1. The zero-order chi connectivity index (χ0) is 14.5. The van der Waals surface area contributed by atoms with Gasteiger partial charge in [-0.1, -0.05) is 18.2 Å². The minimum atomic E-state index is 0.0565. The van der Waals surface area contributed by atoms with Gasteiger partial charge in [0.15, 0.2) is 5.78 Å². The Morgan fingerprint density at radius 3 is 2.75 bits per heavy atom. The molecule has 0 bridgehead atoms. The molecule has 0 aliphatic heterocycles. The van der Waals surface area contributed by atoms with Crippen LogP contribution in [0.15, 0.2) is 42.6 Å². The lowest BCUT2D eigenvalue weighted by molar-refractivity contribution is 0.0991. The first-order chi connectivity index (χ1) is 9.56. The molecule has 0 radical (unpaired) electrons. The fourth-order valence-electron chi connectivity index (χ4n) is 1.97. The topological polar surface area (TPSA) is 39.2 Å². The van der Waals surface area contributed by atoms with Gasteiger partial charge in [0.05, 0.1) is 18.2 Å². The standard InChI is InChI=1S/C17H19NO2/c1-12(2)20-15-8-4-7-14(10-15)17(19)11-16-13(3)6-5-9-18-16/h4-10,12H,11H2,1-3H3. The van der Waals surface area contributed by atoms with Crippen molar-refractivity contribution in [3.8, 4) is 5.75 Å². The molecule has 2 rings (SSSR count). The van der Waals surface area contributed by atoms with Crippen LogP contribution in [0.4, 0.5) is 0 Å². The fourth-order valence-corrected chi connectivity index (χ4v) is 1.97. The lowest BCUT2D eigenvalue weighted by atomic mass is 10.0. The smallest absolute Gasteiger partial charge is 0.168 e. The second-order valence-corrected chi connectivity index (χ2v) is 5.06. The summed E-state index contributed by atoms with van der Waals surface area (Å²) in [6.07, 6.45) is 2.13. The van der Waals surface area contributed by atoms with Gasteiger partial charge < -0.3 is 4.74 Å². The lowest BCUT2D eigenvalue weighted by Crippen LogP contribution is -2.09. The van der Waals surface area contributed by atoms with E-state index in [1.54, 1.807) is 12.3 Å². The molecule has 3 nitrogen and oxygen atoms in total. The first-order valence-corrected chi connectivity index (χ1v) is 6.76. The third kappa shape index (κ3) is 3.67. The van der Waals surface area contributed by atoms with Crippen LogP contribution in [0.3, 0.4) is 0 Å². The lowest BCUT2D eigenvalue weighted by Gasteiger charge is -2.10. The Kier molecular flexibility index (Phi) is 4.51. The molecule has 0 spiro atoms. The highest BCUT2D eigenvalue weighted by Crippen LogP contribution is 2.17. The number of nitrogens with zero attached hydrogens (tertiary/aromatic N) is 1. The summed E-state index contributed by atoms with van der Waals surface area (Å²) in [6, 6.07) is 11.2. The average Bonchev–Trinajstić information content (AvgIpc) is 2.41. The third-order valence-corrected chi connectivity index (χ3v) is 2.97. The Bertz CT molecular complexity index is 605. The molecule has 0 fully saturated rings. The summed E-state index contributed by atoms with van der Waals surface area (Å²) in [5, 5.41) is 0. The highest BCUT2D eigenvalue weighted by molar-refractivity contribution is 5.97. The van der Waals surface area contributed by atoms with Gasteiger partial charge in [-0.25, -0.2) is 0 Å². The van der Waals surface area contributed by atoms with Crippen molar-refractivity contribution in [3.05, 3.63) is 59.4 Å². The minimum Gasteiger partial charge on any atom is -0.491 e. The number of hydrogen-bond acceptors (Lipinski definition) is 3. The van der Waals surface area contributed by atoms with E-state index in [1.807, 2.05) is 51.1 Å². The molecule has 0 unspecified atom stereocenters. The Balaban J connectivity index is 2.15. The first-order valence-electron chi connectivity index (χ1n) is 6.76. The first kappa shape index (κ1) is 14.3. The van der Waals surface area contributed by atoms with Gasteiger partial charge in [-0.2, -0.15) is 0 Å². The van der Waals surface area contributed by atoms with Gasteiger partial charge in [0, 0.05) is 11.8 Å². The van der Waals surface area contributed by atoms with Gasteiger partial charge in [-0.15, -0.1) is 0 Å². The summed E-state index contributed by atoms with van der Waals surface area (Å²) in [7, 11) is 0. The number of hydrogen-bond donors (Lipinski definition) is 0. The predicted molar refractivity (Wildman–Crippen MR) is 79.2 cm³/mol. The van der Waals surface area contributed by atoms with E-state index in [9.17, 15) is 4.79 Å². The highest BCUT2D eigenvalue weighted by atomic mass is 16.5. The molecule has 0 aliphatic carbocycles. The van der Waals surface area contributed by atoms with Crippen LogP contribution in [-0.4, -0.2) is 16.9 Å². The Hall–Kier alpha value is -2.16. The number of aromatic nitrogens is 1. The van der Waals surface area contributed by atoms with E-state index in [0.717, 1.165) is 17.0 Å². The summed E-state index contributed by atoms with van der Waals surface area (Å²) >= 11 is 0. The third-order valence-electron chi connectivity index (χ3n) is 2.97. The molecule has 0 atom stereocenters. The number of pyridine rings is 1. The fraction of sp³-hybridized carbons (Fsp3) is 0.294. The van der Waals surface area contributed by atoms with Crippen LogP contribution in [0.25, 0.3) is 0 Å². The molecule has 3 heteroatoms. The van der Waals surface area contributed by atoms with Crippen LogP contribution in [0, 0.1) is 6.92 Å². The van der Waals surface area contributed by atoms with Crippen LogP contribution in [0.2, 0.25) is 0 Å². The number of aryl methyl sites for hydroxylation is 1. The van der Waals surface area contributed by atoms with Crippen molar-refractivity contribution >= 4 is 5.78 Å². The summed E-state index contributed by atoms with van der Waals surface area (Å²) in [5.41, 5.74) is 2.52. The van der Waals surface area contributed by atoms with Crippen LogP contribution in [0.1, 0.15) is 35.5 Å². The number of ketones is 1. The van der Waals surface area contributed by atoms with Crippen molar-refractivity contribution < 1.29 is 9.53 Å². The summed E-state index contributed by atoms with van der Waals surface area (Å²) in [6.45, 7) is 5.89. The molecule has 20 heavy (non-hydrogen) atoms. The predicted octanol–water partition coefficient (Wildman–Crippen LogP) is 3.60. The highest BCUT2D eigenvalue weighted by Gasteiger charge is 2.11. The number of benzene rings is 1. The largest absolute Gasteiger partial charge is 0.491 e. The van der Waals surface area contributed by atoms with Gasteiger partial charge in [0.25, 0.3) is 0 Å². The summed E-state index contributed by atoms with van der Waals surface area (Å²) in [4.78, 5) is 16.6. The van der Waals surface area contributed by atoms with Gasteiger partial charge in [0.1, 0.15) is 5.75 Å². The second-order valence-electron chi connectivity index (χ2n) is 5.06. The van der Waals surface area contributed by atoms with Crippen molar-refractivity contribution in [1.82, 2.24) is 4.98 Å². The van der Waals surface area contributed by atoms with E-state index in [2.05, 4.69) is 4.98 Å². The molecule has 2 aromatic rings. The van der Waals surface area contributed by atoms with Gasteiger partial charge in [-0.3, -0.25) is 9.78 Å². The van der Waals surface area contributed by atoms with Gasteiger partial charge in [-0.05, 0) is 44.5 Å². The van der Waals surface area contributed by atoms with Crippen LogP contribution in [-0.2, 0) is 6.42 Å². The quantitative estimate of drug-likeness (QED) is 0.778. The van der Waals surface area contributed by atoms with Crippen LogP contribution >= 0.6 is 0 Å². The van der Waals surface area contributed by atoms with E-state index in [0.29, 0.717) is 12.0 Å². The van der Waals surface area contributed by atoms with Crippen LogP contribution in [0.5, 0.6) is 5.75 Å². The number of ether oxygens (including phenoxy) is 1. The number of Topliss-reactive ketones (excluding diaryl/α,β-unsaturated/α-hetero) is 1. The molecule has 0 amide bonds. The molecule has 1 aromatic carbocycles. The van der Waals surface area contributed by atoms with E-state index in [4.69, 9.17) is 4.74 Å². The molecule has 0 saturated heterocycles. The van der Waals surface area contributed by atoms with E-state index < -0.39 is 0 Å². The van der Waals surface area contributed by atoms with Crippen molar-refractivity contribution in [2.24, 2.45) is 0 Å². The second kappa shape index (κ2) is 6.33. The summed E-state index contributed by atoms with van der Waals surface area (Å²) < 4.78 is 5.61. The van der Waals surface area contributed by atoms with E-state index >= 15 is 0 Å². The molecule has 104 valence electrons. The zero-order valence-corrected chi connectivity index (χ0v) is 12.1. The van der Waals surface area contributed by atoms with Crippen molar-refractivity contribution in [2.45, 2.75) is 33.3 Å². The van der Waals surface area contributed by atoms with Crippen molar-refractivity contribution in [2.75, 3.05) is 0 Å². The SMILES string of the molecule is Cc1cccnc1CC(=O)c1cccc(OC(C)C)c1.